The predicted octanol–water partition coefficient (Wildman–Crippen LogP) is 2.34. The highest BCUT2D eigenvalue weighted by atomic mass is 32.2. The smallest absolute Gasteiger partial charge is 0.290 e. The van der Waals surface area contributed by atoms with Crippen LogP contribution in [0.5, 0.6) is 0 Å². The minimum Gasteiger partial charge on any atom is -0.290 e. The molecule has 74 valence electrons. The summed E-state index contributed by atoms with van der Waals surface area (Å²) >= 11 is -0.245. The highest BCUT2D eigenvalue weighted by molar-refractivity contribution is 8.00. The monoisotopic (exact) mass is 219 g/mol. The van der Waals surface area contributed by atoms with Crippen LogP contribution in [0.4, 0.5) is 13.2 Å². The summed E-state index contributed by atoms with van der Waals surface area (Å²) in [6.45, 7) is 0. The summed E-state index contributed by atoms with van der Waals surface area (Å²) in [4.78, 5) is 7.48. The maximum atomic E-state index is 12.0. The molecule has 2 aromatic rings. The van der Waals surface area contributed by atoms with E-state index in [-0.39, 0.29) is 16.8 Å². The fourth-order valence-corrected chi connectivity index (χ4v) is 1.48. The first-order valence-electron chi connectivity index (χ1n) is 3.59. The fraction of sp³-hybridized carbons (Fsp3) is 0.143. The van der Waals surface area contributed by atoms with Crippen LogP contribution in [0.1, 0.15) is 0 Å². The van der Waals surface area contributed by atoms with E-state index in [0.29, 0.717) is 5.65 Å². The highest BCUT2D eigenvalue weighted by Crippen LogP contribution is 2.35. The summed E-state index contributed by atoms with van der Waals surface area (Å²) in [5, 5.41) is -0.101. The lowest BCUT2D eigenvalue weighted by Crippen LogP contribution is -2.00. The van der Waals surface area contributed by atoms with Crippen molar-refractivity contribution in [3.05, 3.63) is 24.8 Å². The molecule has 0 saturated carbocycles. The largest absolute Gasteiger partial charge is 0.447 e. The van der Waals surface area contributed by atoms with Crippen LogP contribution in [0, 0.1) is 0 Å². The second-order valence-corrected chi connectivity index (χ2v) is 3.55. The molecule has 0 N–H and O–H groups in total. The lowest BCUT2D eigenvalue weighted by Gasteiger charge is -2.03. The number of aromatic nitrogens is 3. The zero-order valence-electron chi connectivity index (χ0n) is 6.69. The Balaban J connectivity index is 2.35. The van der Waals surface area contributed by atoms with Gasteiger partial charge in [-0.25, -0.2) is 9.97 Å². The Labute approximate surface area is 81.0 Å². The van der Waals surface area contributed by atoms with Crippen LogP contribution >= 0.6 is 11.8 Å². The van der Waals surface area contributed by atoms with Gasteiger partial charge in [-0.2, -0.15) is 13.2 Å². The number of imidazole rings is 1. The first kappa shape index (κ1) is 9.32. The zero-order chi connectivity index (χ0) is 10.2. The third-order valence-corrected chi connectivity index (χ3v) is 2.14. The molecule has 0 aliphatic heterocycles. The lowest BCUT2D eigenvalue weighted by molar-refractivity contribution is -0.0329. The Morgan fingerprint density at radius 3 is 2.79 bits per heavy atom. The summed E-state index contributed by atoms with van der Waals surface area (Å²) < 4.78 is 37.4. The molecule has 0 unspecified atom stereocenters. The molecule has 2 heterocycles. The Bertz CT molecular complexity index is 451. The number of hydrogen-bond donors (Lipinski definition) is 0. The molecule has 0 amide bonds. The molecular formula is C7H4F3N3S. The van der Waals surface area contributed by atoms with Crippen LogP contribution in [0.2, 0.25) is 0 Å². The summed E-state index contributed by atoms with van der Waals surface area (Å²) in [6.07, 6.45) is 4.42. The lowest BCUT2D eigenvalue weighted by atomic mass is 10.6. The van der Waals surface area contributed by atoms with Gasteiger partial charge >= 0.3 is 5.51 Å². The number of fused-ring (bicyclic) bond motifs is 1. The highest BCUT2D eigenvalue weighted by Gasteiger charge is 2.30. The molecule has 14 heavy (non-hydrogen) atoms. The maximum Gasteiger partial charge on any atom is 0.447 e. The number of hydrogen-bond acceptors (Lipinski definition) is 3. The number of nitrogens with zero attached hydrogens (tertiary/aromatic N) is 3. The van der Waals surface area contributed by atoms with Crippen LogP contribution in [-0.2, 0) is 0 Å². The first-order chi connectivity index (χ1) is 6.54. The Morgan fingerprint density at radius 1 is 1.29 bits per heavy atom. The van der Waals surface area contributed by atoms with Crippen molar-refractivity contribution in [2.45, 2.75) is 10.5 Å². The summed E-state index contributed by atoms with van der Waals surface area (Å²) in [5.41, 5.74) is -3.86. The Kier molecular flexibility index (Phi) is 2.10. The SMILES string of the molecule is FC(F)(F)Sc1cc2nccn2cn1. The fourth-order valence-electron chi connectivity index (χ4n) is 0.975. The van der Waals surface area contributed by atoms with E-state index in [0.717, 1.165) is 0 Å². The number of rotatable bonds is 1. The van der Waals surface area contributed by atoms with Crippen molar-refractivity contribution in [3.63, 3.8) is 0 Å². The van der Waals surface area contributed by atoms with E-state index in [2.05, 4.69) is 9.97 Å². The van der Waals surface area contributed by atoms with E-state index in [1.165, 1.54) is 18.6 Å². The second-order valence-electron chi connectivity index (χ2n) is 2.47. The normalized spacial score (nSPS) is 12.2. The minimum absolute atomic E-state index is 0.101. The number of halogens is 3. The molecule has 0 bridgehead atoms. The standard InChI is InChI=1S/C7H4F3N3S/c8-7(9,10)14-6-3-5-11-1-2-13(5)4-12-6/h1-4H. The van der Waals surface area contributed by atoms with Gasteiger partial charge in [0.25, 0.3) is 0 Å². The van der Waals surface area contributed by atoms with Gasteiger partial charge in [0.15, 0.2) is 0 Å². The third-order valence-electron chi connectivity index (χ3n) is 1.48. The van der Waals surface area contributed by atoms with Gasteiger partial charge in [-0.3, -0.25) is 4.40 Å². The summed E-state index contributed by atoms with van der Waals surface area (Å²) in [7, 11) is 0. The quantitative estimate of drug-likeness (QED) is 0.544. The van der Waals surface area contributed by atoms with Gasteiger partial charge in [0.2, 0.25) is 0 Å². The average molecular weight is 219 g/mol. The van der Waals surface area contributed by atoms with Crippen LogP contribution in [-0.4, -0.2) is 19.9 Å². The molecule has 0 aromatic carbocycles. The maximum absolute atomic E-state index is 12.0. The van der Waals surface area contributed by atoms with Gasteiger partial charge in [0, 0.05) is 30.2 Å². The number of thioether (sulfide) groups is 1. The van der Waals surface area contributed by atoms with Crippen molar-refractivity contribution in [1.82, 2.24) is 14.4 Å². The molecule has 2 aromatic heterocycles. The molecule has 0 aliphatic carbocycles. The molecule has 0 fully saturated rings. The van der Waals surface area contributed by atoms with Crippen molar-refractivity contribution in [2.75, 3.05) is 0 Å². The molecule has 0 aliphatic rings. The minimum atomic E-state index is -4.31. The molecule has 3 nitrogen and oxygen atoms in total. The zero-order valence-corrected chi connectivity index (χ0v) is 7.51. The van der Waals surface area contributed by atoms with Crippen molar-refractivity contribution in [2.24, 2.45) is 0 Å². The van der Waals surface area contributed by atoms with Crippen molar-refractivity contribution in [1.29, 1.82) is 0 Å². The predicted molar refractivity (Wildman–Crippen MR) is 44.9 cm³/mol. The molecule has 7 heteroatoms. The Morgan fingerprint density at radius 2 is 2.07 bits per heavy atom. The van der Waals surface area contributed by atoms with E-state index >= 15 is 0 Å². The average Bonchev–Trinajstić information content (AvgIpc) is 2.47. The third kappa shape index (κ3) is 1.98. The molecule has 2 rings (SSSR count). The number of alkyl halides is 3. The van der Waals surface area contributed by atoms with E-state index in [1.807, 2.05) is 0 Å². The van der Waals surface area contributed by atoms with Crippen LogP contribution in [0.25, 0.3) is 5.65 Å². The summed E-state index contributed by atoms with van der Waals surface area (Å²) in [6, 6.07) is 1.29. The summed E-state index contributed by atoms with van der Waals surface area (Å²) in [5.74, 6) is 0. The van der Waals surface area contributed by atoms with E-state index in [1.54, 1.807) is 10.6 Å². The van der Waals surface area contributed by atoms with Crippen molar-refractivity contribution >= 4 is 17.4 Å². The van der Waals surface area contributed by atoms with Gasteiger partial charge in [0.1, 0.15) is 17.0 Å². The van der Waals surface area contributed by atoms with Crippen molar-refractivity contribution in [3.8, 4) is 0 Å². The van der Waals surface area contributed by atoms with Crippen LogP contribution in [0.3, 0.4) is 0 Å². The second kappa shape index (κ2) is 3.16. The van der Waals surface area contributed by atoms with Gasteiger partial charge in [-0.15, -0.1) is 0 Å². The Hall–Kier alpha value is -1.24. The van der Waals surface area contributed by atoms with Gasteiger partial charge < -0.3 is 0 Å². The van der Waals surface area contributed by atoms with Crippen LogP contribution in [0.15, 0.2) is 29.8 Å². The van der Waals surface area contributed by atoms with Gasteiger partial charge in [0.05, 0.1) is 0 Å². The van der Waals surface area contributed by atoms with Gasteiger partial charge in [-0.05, 0) is 0 Å². The van der Waals surface area contributed by atoms with Crippen LogP contribution < -0.4 is 0 Å². The molecule has 0 radical (unpaired) electrons. The first-order valence-corrected chi connectivity index (χ1v) is 4.41. The van der Waals surface area contributed by atoms with E-state index in [9.17, 15) is 13.2 Å². The molecule has 0 spiro atoms. The molecule has 0 saturated heterocycles. The topological polar surface area (TPSA) is 30.2 Å². The van der Waals surface area contributed by atoms with Gasteiger partial charge in [-0.1, -0.05) is 0 Å². The molecule has 0 atom stereocenters. The van der Waals surface area contributed by atoms with Crippen molar-refractivity contribution < 1.29 is 13.2 Å². The van der Waals surface area contributed by atoms with E-state index < -0.39 is 5.51 Å². The van der Waals surface area contributed by atoms with E-state index in [4.69, 9.17) is 0 Å². The molecular weight excluding hydrogens is 215 g/mol.